The summed E-state index contributed by atoms with van der Waals surface area (Å²) in [6, 6.07) is 0. The van der Waals surface area contributed by atoms with Crippen LogP contribution in [0.5, 0.6) is 0 Å². The number of rotatable bonds is 4. The Balaban J connectivity index is 1.98. The Kier molecular flexibility index (Phi) is 5.22. The van der Waals surface area contributed by atoms with Crippen molar-refractivity contribution in [2.45, 2.75) is 58.0 Å². The highest BCUT2D eigenvalue weighted by Crippen LogP contribution is 2.35. The lowest BCUT2D eigenvalue weighted by Gasteiger charge is -2.37. The smallest absolute Gasteiger partial charge is 0.313 e. The van der Waals surface area contributed by atoms with Crippen LogP contribution in [-0.2, 0) is 14.3 Å². The second-order valence-electron chi connectivity index (χ2n) is 5.99. The van der Waals surface area contributed by atoms with Gasteiger partial charge in [-0.3, -0.25) is 4.79 Å². The Morgan fingerprint density at radius 3 is 2.63 bits per heavy atom. The van der Waals surface area contributed by atoms with Crippen LogP contribution in [0.15, 0.2) is 0 Å². The molecule has 2 aliphatic rings. The third kappa shape index (κ3) is 3.29. The topological polar surface area (TPSA) is 61.5 Å². The van der Waals surface area contributed by atoms with Gasteiger partial charge in [-0.05, 0) is 44.4 Å². The minimum atomic E-state index is -0.492. The summed E-state index contributed by atoms with van der Waals surface area (Å²) in [6.07, 6.45) is 7.25. The monoisotopic (exact) mass is 269 g/mol. The molecule has 0 bridgehead atoms. The van der Waals surface area contributed by atoms with Crippen LogP contribution in [0.3, 0.4) is 0 Å². The maximum Gasteiger partial charge on any atom is 0.313 e. The van der Waals surface area contributed by atoms with Crippen molar-refractivity contribution < 1.29 is 14.3 Å². The largest absolute Gasteiger partial charge is 0.462 e. The molecule has 2 atom stereocenters. The van der Waals surface area contributed by atoms with Gasteiger partial charge in [-0.1, -0.05) is 13.3 Å². The van der Waals surface area contributed by atoms with Crippen LogP contribution in [0.4, 0.5) is 0 Å². The maximum atomic E-state index is 12.5. The van der Waals surface area contributed by atoms with Crippen LogP contribution >= 0.6 is 0 Å². The van der Waals surface area contributed by atoms with Crippen LogP contribution in [0, 0.1) is 11.3 Å². The summed E-state index contributed by atoms with van der Waals surface area (Å²) in [7, 11) is 0. The van der Waals surface area contributed by atoms with Crippen molar-refractivity contribution in [2.24, 2.45) is 17.1 Å². The fourth-order valence-corrected chi connectivity index (χ4v) is 3.31. The maximum absolute atomic E-state index is 12.5. The van der Waals surface area contributed by atoms with Gasteiger partial charge < -0.3 is 15.2 Å². The zero-order chi connectivity index (χ0) is 13.7. The molecule has 1 aliphatic heterocycles. The van der Waals surface area contributed by atoms with Gasteiger partial charge in [-0.25, -0.2) is 0 Å². The summed E-state index contributed by atoms with van der Waals surface area (Å²) in [6.45, 7) is 3.80. The van der Waals surface area contributed by atoms with Crippen molar-refractivity contribution in [3.05, 3.63) is 0 Å². The molecule has 0 aromatic rings. The predicted molar refractivity (Wildman–Crippen MR) is 73.7 cm³/mol. The lowest BCUT2D eigenvalue weighted by Crippen LogP contribution is -2.46. The molecule has 1 heterocycles. The summed E-state index contributed by atoms with van der Waals surface area (Å²) in [5.41, 5.74) is 5.36. The Bertz CT molecular complexity index is 300. The zero-order valence-electron chi connectivity index (χ0n) is 12.0. The lowest BCUT2D eigenvalue weighted by atomic mass is 9.79. The number of carbonyl (C=O) groups excluding carboxylic acids is 1. The Morgan fingerprint density at radius 2 is 2.00 bits per heavy atom. The van der Waals surface area contributed by atoms with E-state index in [1.54, 1.807) is 0 Å². The quantitative estimate of drug-likeness (QED) is 0.795. The molecule has 110 valence electrons. The molecule has 1 saturated heterocycles. The molecule has 0 spiro atoms. The van der Waals surface area contributed by atoms with Crippen molar-refractivity contribution in [2.75, 3.05) is 19.8 Å². The average molecular weight is 269 g/mol. The molecule has 19 heavy (non-hydrogen) atoms. The zero-order valence-corrected chi connectivity index (χ0v) is 12.0. The van der Waals surface area contributed by atoms with Gasteiger partial charge in [0.25, 0.3) is 0 Å². The fourth-order valence-electron chi connectivity index (χ4n) is 3.31. The molecule has 0 aromatic heterocycles. The first-order valence-electron chi connectivity index (χ1n) is 7.71. The number of nitrogens with two attached hydrogens (primary N) is 1. The van der Waals surface area contributed by atoms with E-state index in [4.69, 9.17) is 15.2 Å². The Morgan fingerprint density at radius 1 is 1.32 bits per heavy atom. The second kappa shape index (κ2) is 6.71. The van der Waals surface area contributed by atoms with Crippen LogP contribution in [0.1, 0.15) is 51.9 Å². The molecule has 2 unspecified atom stereocenters. The normalized spacial score (nSPS) is 30.8. The van der Waals surface area contributed by atoms with E-state index in [0.29, 0.717) is 38.5 Å². The van der Waals surface area contributed by atoms with Crippen molar-refractivity contribution in [1.82, 2.24) is 0 Å². The van der Waals surface area contributed by atoms with Gasteiger partial charge in [0.1, 0.15) is 6.10 Å². The van der Waals surface area contributed by atoms with Gasteiger partial charge in [-0.15, -0.1) is 0 Å². The highest BCUT2D eigenvalue weighted by atomic mass is 16.5. The van der Waals surface area contributed by atoms with Crippen molar-refractivity contribution in [1.29, 1.82) is 0 Å². The third-order valence-corrected chi connectivity index (χ3v) is 4.90. The third-order valence-electron chi connectivity index (χ3n) is 4.90. The van der Waals surface area contributed by atoms with E-state index in [1.807, 2.05) is 0 Å². The van der Waals surface area contributed by atoms with Crippen molar-refractivity contribution >= 4 is 5.97 Å². The number of hydrogen-bond donors (Lipinski definition) is 1. The number of hydrogen-bond acceptors (Lipinski definition) is 4. The Hall–Kier alpha value is -0.610. The van der Waals surface area contributed by atoms with E-state index >= 15 is 0 Å². The van der Waals surface area contributed by atoms with Gasteiger partial charge in [-0.2, -0.15) is 0 Å². The molecule has 0 radical (unpaired) electrons. The molecule has 0 amide bonds. The van der Waals surface area contributed by atoms with Crippen LogP contribution < -0.4 is 5.73 Å². The number of esters is 1. The number of ether oxygens (including phenoxy) is 2. The lowest BCUT2D eigenvalue weighted by molar-refractivity contribution is -0.171. The summed E-state index contributed by atoms with van der Waals surface area (Å²) in [5, 5.41) is 0. The second-order valence-corrected chi connectivity index (χ2v) is 5.99. The van der Waals surface area contributed by atoms with Crippen LogP contribution in [0.2, 0.25) is 0 Å². The average Bonchev–Trinajstić information content (AvgIpc) is 2.48. The minimum Gasteiger partial charge on any atom is -0.462 e. The SMILES string of the molecule is CCC1CCCCC1OC(=O)C1(CN)CCOCC1. The molecule has 0 aromatic carbocycles. The number of carbonyl (C=O) groups is 1. The first-order valence-corrected chi connectivity index (χ1v) is 7.71. The van der Waals surface area contributed by atoms with E-state index in [2.05, 4.69) is 6.92 Å². The molecule has 2 N–H and O–H groups in total. The first kappa shape index (κ1) is 14.8. The molecule has 4 nitrogen and oxygen atoms in total. The Labute approximate surface area is 116 Å². The predicted octanol–water partition coefficient (Wildman–Crippen LogP) is 2.25. The molecular weight excluding hydrogens is 242 g/mol. The van der Waals surface area contributed by atoms with Gasteiger partial charge in [0.2, 0.25) is 0 Å². The molecule has 4 heteroatoms. The van der Waals surface area contributed by atoms with E-state index in [0.717, 1.165) is 12.8 Å². The summed E-state index contributed by atoms with van der Waals surface area (Å²) >= 11 is 0. The van der Waals surface area contributed by atoms with Gasteiger partial charge in [0.15, 0.2) is 0 Å². The minimum absolute atomic E-state index is 0.0800. The molecular formula is C15H27NO3. The van der Waals surface area contributed by atoms with Gasteiger partial charge in [0, 0.05) is 19.8 Å². The van der Waals surface area contributed by atoms with Gasteiger partial charge >= 0.3 is 5.97 Å². The molecule has 2 fully saturated rings. The van der Waals surface area contributed by atoms with Gasteiger partial charge in [0.05, 0.1) is 5.41 Å². The summed E-state index contributed by atoms with van der Waals surface area (Å²) < 4.78 is 11.2. The molecule has 1 aliphatic carbocycles. The summed E-state index contributed by atoms with van der Waals surface area (Å²) in [4.78, 5) is 12.5. The first-order chi connectivity index (χ1) is 9.22. The van der Waals surface area contributed by atoms with E-state index < -0.39 is 5.41 Å². The highest BCUT2D eigenvalue weighted by Gasteiger charge is 2.42. The van der Waals surface area contributed by atoms with E-state index in [-0.39, 0.29) is 12.1 Å². The van der Waals surface area contributed by atoms with Crippen molar-refractivity contribution in [3.63, 3.8) is 0 Å². The van der Waals surface area contributed by atoms with Crippen molar-refractivity contribution in [3.8, 4) is 0 Å². The van der Waals surface area contributed by atoms with Crippen LogP contribution in [-0.4, -0.2) is 31.8 Å². The van der Waals surface area contributed by atoms with E-state index in [1.165, 1.54) is 19.3 Å². The van der Waals surface area contributed by atoms with E-state index in [9.17, 15) is 4.79 Å². The standard InChI is InChI=1S/C15H27NO3/c1-2-12-5-3-4-6-13(12)19-14(17)15(11-16)7-9-18-10-8-15/h12-13H,2-11,16H2,1H3. The fraction of sp³-hybridized carbons (Fsp3) is 0.933. The highest BCUT2D eigenvalue weighted by molar-refractivity contribution is 5.77. The van der Waals surface area contributed by atoms with Crippen LogP contribution in [0.25, 0.3) is 0 Å². The molecule has 1 saturated carbocycles. The summed E-state index contributed by atoms with van der Waals surface area (Å²) in [5.74, 6) is 0.455. The molecule has 2 rings (SSSR count).